The highest BCUT2D eigenvalue weighted by Gasteiger charge is 2.30. The van der Waals surface area contributed by atoms with Crippen LogP contribution in [0.2, 0.25) is 0 Å². The van der Waals surface area contributed by atoms with Gasteiger partial charge in [-0.2, -0.15) is 9.78 Å². The zero-order chi connectivity index (χ0) is 30.7. The van der Waals surface area contributed by atoms with E-state index in [9.17, 15) is 9.00 Å². The quantitative estimate of drug-likeness (QED) is 0.226. The molecule has 2 aromatic carbocycles. The van der Waals surface area contributed by atoms with Crippen molar-refractivity contribution in [3.05, 3.63) is 88.7 Å². The monoisotopic (exact) mass is 601 g/mol. The number of ether oxygens (including phenoxy) is 1. The molecule has 226 valence electrons. The van der Waals surface area contributed by atoms with E-state index in [4.69, 9.17) is 16.2 Å². The first-order chi connectivity index (χ1) is 20.7. The van der Waals surface area contributed by atoms with E-state index in [0.717, 1.165) is 46.5 Å². The summed E-state index contributed by atoms with van der Waals surface area (Å²) in [6.45, 7) is 9.77. The molecule has 4 aromatic rings. The van der Waals surface area contributed by atoms with Crippen molar-refractivity contribution in [1.82, 2.24) is 19.1 Å². The normalized spacial score (nSPS) is 17.5. The van der Waals surface area contributed by atoms with Gasteiger partial charge in [-0.15, -0.1) is 0 Å². The lowest BCUT2D eigenvalue weighted by atomic mass is 9.83. The van der Waals surface area contributed by atoms with Crippen LogP contribution in [0.15, 0.2) is 65.8 Å². The highest BCUT2D eigenvalue weighted by molar-refractivity contribution is 7.82. The Kier molecular flexibility index (Phi) is 9.12. The molecule has 1 unspecified atom stereocenters. The van der Waals surface area contributed by atoms with Gasteiger partial charge in [0.15, 0.2) is 0 Å². The number of carbonyl (C=O) groups excluding carboxylic acids is 1. The van der Waals surface area contributed by atoms with Crippen molar-refractivity contribution < 1.29 is 13.7 Å². The summed E-state index contributed by atoms with van der Waals surface area (Å²) in [6, 6.07) is 15.4. The zero-order valence-corrected chi connectivity index (χ0v) is 25.9. The van der Waals surface area contributed by atoms with E-state index in [1.807, 2.05) is 43.3 Å². The van der Waals surface area contributed by atoms with Crippen molar-refractivity contribution in [2.75, 3.05) is 29.9 Å². The topological polar surface area (TPSA) is 141 Å². The van der Waals surface area contributed by atoms with Crippen LogP contribution in [0.3, 0.4) is 0 Å². The molecule has 0 fully saturated rings. The second-order valence-electron chi connectivity index (χ2n) is 10.8. The smallest absolute Gasteiger partial charge is 0.249 e. The van der Waals surface area contributed by atoms with Crippen LogP contribution < -0.4 is 21.5 Å². The Morgan fingerprint density at radius 1 is 1.14 bits per heavy atom. The van der Waals surface area contributed by atoms with Gasteiger partial charge in [0.05, 0.1) is 17.6 Å². The Balaban J connectivity index is 1.54. The molecule has 0 saturated heterocycles. The Hall–Kier alpha value is -4.22. The Bertz CT molecular complexity index is 1650. The molecule has 1 aliphatic rings. The van der Waals surface area contributed by atoms with Gasteiger partial charge < -0.3 is 21.5 Å². The molecule has 0 saturated carbocycles. The van der Waals surface area contributed by atoms with E-state index < -0.39 is 11.0 Å². The van der Waals surface area contributed by atoms with Crippen LogP contribution in [-0.2, 0) is 17.5 Å². The van der Waals surface area contributed by atoms with Gasteiger partial charge in [0.25, 0.3) is 0 Å². The molecule has 0 amide bonds. The molecule has 0 radical (unpaired) electrons. The van der Waals surface area contributed by atoms with E-state index in [1.165, 1.54) is 10.9 Å². The predicted molar refractivity (Wildman–Crippen MR) is 170 cm³/mol. The van der Waals surface area contributed by atoms with Gasteiger partial charge in [-0.25, -0.2) is 13.5 Å². The summed E-state index contributed by atoms with van der Waals surface area (Å²) in [5, 5.41) is 7.45. The third-order valence-corrected chi connectivity index (χ3v) is 9.44. The van der Waals surface area contributed by atoms with Crippen molar-refractivity contribution in [2.24, 2.45) is 0 Å². The number of anilines is 3. The molecule has 5 N–H and O–H groups in total. The number of aryl methyl sites for hydroxylation is 1. The largest absolute Gasteiger partial charge is 0.472 e. The molecular formula is C32H39N7O3S. The summed E-state index contributed by atoms with van der Waals surface area (Å²) in [5.41, 5.74) is 19.0. The third kappa shape index (κ3) is 6.28. The maximum absolute atomic E-state index is 13.8. The standard InChI is InChI=1S/C32H39N7O3S/c1-5-24-19-38(43(41)28-8-7-14-36-32(28)42-24)18-23-16-22(10-9-20(23)3)26(17-30(40)39-29(33)13-15-37-39)25-11-12-27(35-6-2)31(34)21(25)4/h7-16,24,26,35H,5-6,17-19,33-34H2,1-4H3/t24-,26+,43?/m1/s1. The summed E-state index contributed by atoms with van der Waals surface area (Å²) >= 11 is 0. The second-order valence-corrected chi connectivity index (χ2v) is 12.3. The Morgan fingerprint density at radius 2 is 1.95 bits per heavy atom. The lowest BCUT2D eigenvalue weighted by molar-refractivity contribution is 0.0884. The number of nitrogens with two attached hydrogens (primary N) is 2. The van der Waals surface area contributed by atoms with Crippen molar-refractivity contribution in [2.45, 2.75) is 64.0 Å². The highest BCUT2D eigenvalue weighted by atomic mass is 32.2. The number of fused-ring (bicyclic) bond motifs is 1. The summed E-state index contributed by atoms with van der Waals surface area (Å²) < 4.78 is 23.1. The van der Waals surface area contributed by atoms with Crippen LogP contribution in [0.25, 0.3) is 0 Å². The molecule has 3 atom stereocenters. The summed E-state index contributed by atoms with van der Waals surface area (Å²) in [5.74, 6) is 0.174. The van der Waals surface area contributed by atoms with Crippen LogP contribution in [0.4, 0.5) is 17.2 Å². The van der Waals surface area contributed by atoms with Crippen LogP contribution in [0.1, 0.15) is 65.2 Å². The molecule has 10 nitrogen and oxygen atoms in total. The summed E-state index contributed by atoms with van der Waals surface area (Å²) in [6.07, 6.45) is 3.92. The Morgan fingerprint density at radius 3 is 2.67 bits per heavy atom. The van der Waals surface area contributed by atoms with Crippen LogP contribution in [0, 0.1) is 13.8 Å². The average Bonchev–Trinajstić information content (AvgIpc) is 3.39. The number of pyridine rings is 1. The van der Waals surface area contributed by atoms with Gasteiger partial charge in [0, 0.05) is 44.2 Å². The molecular weight excluding hydrogens is 562 g/mol. The fraction of sp³-hybridized carbons (Fsp3) is 0.344. The van der Waals surface area contributed by atoms with Crippen molar-refractivity contribution in [3.8, 4) is 5.88 Å². The van der Waals surface area contributed by atoms with Gasteiger partial charge in [0.1, 0.15) is 27.8 Å². The van der Waals surface area contributed by atoms with E-state index in [-0.39, 0.29) is 30.2 Å². The number of nitrogens with zero attached hydrogens (tertiary/aromatic N) is 4. The number of carbonyl (C=O) groups is 1. The molecule has 1 aliphatic heterocycles. The Labute approximate surface area is 255 Å². The lowest BCUT2D eigenvalue weighted by Crippen LogP contribution is -2.33. The number of hydrogen-bond donors (Lipinski definition) is 3. The minimum Gasteiger partial charge on any atom is -0.472 e. The van der Waals surface area contributed by atoms with Crippen molar-refractivity contribution >= 4 is 34.1 Å². The lowest BCUT2D eigenvalue weighted by Gasteiger charge is -2.25. The zero-order valence-electron chi connectivity index (χ0n) is 25.0. The van der Waals surface area contributed by atoms with Gasteiger partial charge in [-0.05, 0) is 73.2 Å². The molecule has 2 aromatic heterocycles. The van der Waals surface area contributed by atoms with Gasteiger partial charge in [0.2, 0.25) is 11.8 Å². The summed E-state index contributed by atoms with van der Waals surface area (Å²) in [7, 11) is -1.46. The van der Waals surface area contributed by atoms with Crippen LogP contribution >= 0.6 is 0 Å². The number of rotatable bonds is 9. The molecule has 11 heteroatoms. The predicted octanol–water partition coefficient (Wildman–Crippen LogP) is 5.05. The second kappa shape index (κ2) is 13.0. The van der Waals surface area contributed by atoms with Crippen molar-refractivity contribution in [1.29, 1.82) is 0 Å². The first kappa shape index (κ1) is 30.2. The SMILES string of the molecule is CCNc1ccc([C@@H](CC(=O)n2nccc2N)c2ccc(C)c(CN3C[C@@H](CC)Oc4ncccc4S3=O)c2)c(C)c1N. The number of nitrogens with one attached hydrogen (secondary N) is 1. The van der Waals surface area contributed by atoms with E-state index in [1.54, 1.807) is 24.4 Å². The molecule has 5 rings (SSSR count). The van der Waals surface area contributed by atoms with Gasteiger partial charge in [-0.3, -0.25) is 4.79 Å². The van der Waals surface area contributed by atoms with Crippen LogP contribution in [0.5, 0.6) is 5.88 Å². The van der Waals surface area contributed by atoms with Crippen molar-refractivity contribution in [3.63, 3.8) is 0 Å². The molecule has 3 heterocycles. The summed E-state index contributed by atoms with van der Waals surface area (Å²) in [4.78, 5) is 18.4. The maximum Gasteiger partial charge on any atom is 0.249 e. The molecule has 0 spiro atoms. The molecule has 43 heavy (non-hydrogen) atoms. The molecule has 0 bridgehead atoms. The first-order valence-electron chi connectivity index (χ1n) is 14.5. The fourth-order valence-electron chi connectivity index (χ4n) is 5.49. The van der Waals surface area contributed by atoms with Gasteiger partial charge in [-0.1, -0.05) is 31.2 Å². The van der Waals surface area contributed by atoms with Crippen LogP contribution in [-0.4, -0.2) is 48.4 Å². The van der Waals surface area contributed by atoms with E-state index in [2.05, 4.69) is 34.5 Å². The van der Waals surface area contributed by atoms with Gasteiger partial charge >= 0.3 is 0 Å². The first-order valence-corrected chi connectivity index (χ1v) is 15.7. The fourth-order valence-corrected chi connectivity index (χ4v) is 6.77. The van der Waals surface area contributed by atoms with E-state index >= 15 is 0 Å². The number of hydrogen-bond acceptors (Lipinski definition) is 8. The van der Waals surface area contributed by atoms with E-state index in [0.29, 0.717) is 29.6 Å². The molecule has 0 aliphatic carbocycles. The average molecular weight is 602 g/mol. The highest BCUT2D eigenvalue weighted by Crippen LogP contribution is 2.37. The number of benzene rings is 2. The maximum atomic E-state index is 13.8. The number of aromatic nitrogens is 3. The number of nitrogen functional groups attached to an aromatic ring is 2. The minimum atomic E-state index is -1.46. The third-order valence-electron chi connectivity index (χ3n) is 8.01. The minimum absolute atomic E-state index is 0.135.